The van der Waals surface area contributed by atoms with E-state index in [9.17, 15) is 0 Å². The first-order chi connectivity index (χ1) is 14.6. The summed E-state index contributed by atoms with van der Waals surface area (Å²) in [6.45, 7) is 3.40. The maximum absolute atomic E-state index is 6.15. The minimum Gasteiger partial charge on any atom is -0.457 e. The fourth-order valence-corrected chi connectivity index (χ4v) is 3.88. The number of benzene rings is 3. The third kappa shape index (κ3) is 5.17. The lowest BCUT2D eigenvalue weighted by atomic mass is 10.2. The summed E-state index contributed by atoms with van der Waals surface area (Å²) in [7, 11) is 0. The van der Waals surface area contributed by atoms with Crippen LogP contribution in [0.5, 0.6) is 11.5 Å². The van der Waals surface area contributed by atoms with Gasteiger partial charge in [-0.2, -0.15) is 0 Å². The van der Waals surface area contributed by atoms with Crippen LogP contribution in [0.2, 0.25) is 10.0 Å². The predicted octanol–water partition coefficient (Wildman–Crippen LogP) is 6.30. The van der Waals surface area contributed by atoms with Crippen molar-refractivity contribution in [3.8, 4) is 11.5 Å². The second-order valence-corrected chi connectivity index (χ2v) is 8.14. The Bertz CT molecular complexity index is 1010. The van der Waals surface area contributed by atoms with Crippen molar-refractivity contribution in [3.05, 3.63) is 82.8 Å². The Morgan fingerprint density at radius 2 is 1.47 bits per heavy atom. The van der Waals surface area contributed by atoms with Gasteiger partial charge in [-0.25, -0.2) is 0 Å². The van der Waals surface area contributed by atoms with Crippen LogP contribution >= 0.6 is 35.4 Å². The molecule has 0 spiro atoms. The molecule has 1 fully saturated rings. The van der Waals surface area contributed by atoms with Gasteiger partial charge in [0.1, 0.15) is 11.5 Å². The number of halogens is 2. The molecule has 4 nitrogen and oxygen atoms in total. The van der Waals surface area contributed by atoms with Crippen LogP contribution in [0.25, 0.3) is 0 Å². The molecule has 1 aliphatic heterocycles. The number of hydrogen-bond donors (Lipinski definition) is 1. The topological polar surface area (TPSA) is 27.7 Å². The van der Waals surface area contributed by atoms with Crippen LogP contribution in [-0.4, -0.2) is 36.2 Å². The van der Waals surface area contributed by atoms with Gasteiger partial charge in [0.25, 0.3) is 0 Å². The molecule has 0 bridgehead atoms. The number of nitrogens with zero attached hydrogens (tertiary/aromatic N) is 2. The summed E-state index contributed by atoms with van der Waals surface area (Å²) < 4.78 is 5.83. The molecular formula is C23H21Cl2N3OS. The fourth-order valence-electron chi connectivity index (χ4n) is 3.28. The number of piperazine rings is 1. The zero-order valence-electron chi connectivity index (χ0n) is 16.2. The number of nitrogens with one attached hydrogen (secondary N) is 1. The van der Waals surface area contributed by atoms with Crippen molar-refractivity contribution in [2.24, 2.45) is 0 Å². The molecule has 0 aromatic heterocycles. The molecular weight excluding hydrogens is 437 g/mol. The highest BCUT2D eigenvalue weighted by Crippen LogP contribution is 2.28. The van der Waals surface area contributed by atoms with E-state index in [1.54, 1.807) is 0 Å². The van der Waals surface area contributed by atoms with E-state index >= 15 is 0 Å². The van der Waals surface area contributed by atoms with Gasteiger partial charge in [0, 0.05) is 37.6 Å². The van der Waals surface area contributed by atoms with Crippen LogP contribution in [-0.2, 0) is 0 Å². The van der Waals surface area contributed by atoms with Crippen LogP contribution < -0.4 is 15.0 Å². The third-order valence-corrected chi connectivity index (χ3v) is 6.02. The standard InChI is InChI=1S/C23H21Cl2N3OS/c24-21-11-8-18(16-22(21)25)27-12-14-28(15-13-27)23(30)26-17-6-9-20(10-7-17)29-19-4-2-1-3-5-19/h1-11,16H,12-15H2,(H,26,30). The van der Waals surface area contributed by atoms with Crippen molar-refractivity contribution < 1.29 is 4.74 Å². The predicted molar refractivity (Wildman–Crippen MR) is 129 cm³/mol. The Morgan fingerprint density at radius 3 is 2.13 bits per heavy atom. The molecule has 0 atom stereocenters. The molecule has 1 aliphatic rings. The van der Waals surface area contributed by atoms with Gasteiger partial charge in [-0.3, -0.25) is 0 Å². The molecule has 30 heavy (non-hydrogen) atoms. The van der Waals surface area contributed by atoms with E-state index in [2.05, 4.69) is 15.1 Å². The average Bonchev–Trinajstić information content (AvgIpc) is 2.78. The third-order valence-electron chi connectivity index (χ3n) is 4.92. The van der Waals surface area contributed by atoms with Gasteiger partial charge in [0.15, 0.2) is 5.11 Å². The number of anilines is 2. The molecule has 0 amide bonds. The maximum Gasteiger partial charge on any atom is 0.173 e. The SMILES string of the molecule is S=C(Nc1ccc(Oc2ccccc2)cc1)N1CCN(c2ccc(Cl)c(Cl)c2)CC1. The lowest BCUT2D eigenvalue weighted by Crippen LogP contribution is -2.50. The highest BCUT2D eigenvalue weighted by Gasteiger charge is 2.19. The van der Waals surface area contributed by atoms with Gasteiger partial charge < -0.3 is 19.9 Å². The fraction of sp³-hybridized carbons (Fsp3) is 0.174. The molecule has 0 unspecified atom stereocenters. The Morgan fingerprint density at radius 1 is 0.800 bits per heavy atom. The van der Waals surface area contributed by atoms with Crippen molar-refractivity contribution in [2.45, 2.75) is 0 Å². The minimum atomic E-state index is 0.574. The Hall–Kier alpha value is -2.47. The van der Waals surface area contributed by atoms with Gasteiger partial charge >= 0.3 is 0 Å². The molecule has 4 rings (SSSR count). The van der Waals surface area contributed by atoms with Crippen molar-refractivity contribution in [3.63, 3.8) is 0 Å². The largest absolute Gasteiger partial charge is 0.457 e. The van der Waals surface area contributed by atoms with Crippen LogP contribution in [0.3, 0.4) is 0 Å². The molecule has 0 saturated carbocycles. The van der Waals surface area contributed by atoms with E-state index in [1.807, 2.05) is 72.8 Å². The molecule has 1 N–H and O–H groups in total. The summed E-state index contributed by atoms with van der Waals surface area (Å²) in [4.78, 5) is 4.47. The first kappa shape index (κ1) is 20.8. The number of ether oxygens (including phenoxy) is 1. The Labute approximate surface area is 192 Å². The average molecular weight is 458 g/mol. The second-order valence-electron chi connectivity index (χ2n) is 6.94. The Balaban J connectivity index is 1.30. The number of para-hydroxylation sites is 1. The molecule has 1 heterocycles. The van der Waals surface area contributed by atoms with E-state index in [0.717, 1.165) is 54.2 Å². The summed E-state index contributed by atoms with van der Waals surface area (Å²) in [5.41, 5.74) is 2.02. The van der Waals surface area contributed by atoms with Gasteiger partial charge in [-0.15, -0.1) is 0 Å². The van der Waals surface area contributed by atoms with Crippen LogP contribution in [0.1, 0.15) is 0 Å². The molecule has 7 heteroatoms. The van der Waals surface area contributed by atoms with Crippen molar-refractivity contribution in [1.29, 1.82) is 0 Å². The van der Waals surface area contributed by atoms with E-state index in [1.165, 1.54) is 0 Å². The van der Waals surface area contributed by atoms with Crippen LogP contribution in [0.15, 0.2) is 72.8 Å². The van der Waals surface area contributed by atoms with Gasteiger partial charge in [0.05, 0.1) is 10.0 Å². The summed E-state index contributed by atoms with van der Waals surface area (Å²) in [6.07, 6.45) is 0. The second kappa shape index (κ2) is 9.56. The molecule has 3 aromatic carbocycles. The van der Waals surface area contributed by atoms with Gasteiger partial charge in [0.2, 0.25) is 0 Å². The first-order valence-corrected chi connectivity index (χ1v) is 10.8. The molecule has 0 radical (unpaired) electrons. The van der Waals surface area contributed by atoms with E-state index < -0.39 is 0 Å². The van der Waals surface area contributed by atoms with E-state index in [4.69, 9.17) is 40.2 Å². The normalized spacial score (nSPS) is 13.8. The first-order valence-electron chi connectivity index (χ1n) is 9.67. The minimum absolute atomic E-state index is 0.574. The quantitative estimate of drug-likeness (QED) is 0.463. The van der Waals surface area contributed by atoms with Crippen molar-refractivity contribution in [2.75, 3.05) is 36.4 Å². The summed E-state index contributed by atoms with van der Waals surface area (Å²) >= 11 is 17.8. The monoisotopic (exact) mass is 457 g/mol. The maximum atomic E-state index is 6.15. The lowest BCUT2D eigenvalue weighted by Gasteiger charge is -2.37. The van der Waals surface area contributed by atoms with Crippen molar-refractivity contribution >= 4 is 51.9 Å². The summed E-state index contributed by atoms with van der Waals surface area (Å²) in [5.74, 6) is 1.60. The van der Waals surface area contributed by atoms with Crippen molar-refractivity contribution in [1.82, 2.24) is 4.90 Å². The zero-order valence-corrected chi connectivity index (χ0v) is 18.6. The molecule has 154 valence electrons. The smallest absolute Gasteiger partial charge is 0.173 e. The van der Waals surface area contributed by atoms with Crippen LogP contribution in [0, 0.1) is 0 Å². The molecule has 3 aromatic rings. The summed E-state index contributed by atoms with van der Waals surface area (Å²) in [6, 6.07) is 23.3. The zero-order chi connectivity index (χ0) is 20.9. The van der Waals surface area contributed by atoms with Gasteiger partial charge in [-0.1, -0.05) is 41.4 Å². The van der Waals surface area contributed by atoms with E-state index in [0.29, 0.717) is 10.0 Å². The molecule has 0 aliphatic carbocycles. The van der Waals surface area contributed by atoms with E-state index in [-0.39, 0.29) is 0 Å². The number of thiocarbonyl (C=S) groups is 1. The molecule has 1 saturated heterocycles. The number of hydrogen-bond acceptors (Lipinski definition) is 3. The highest BCUT2D eigenvalue weighted by atomic mass is 35.5. The lowest BCUT2D eigenvalue weighted by molar-refractivity contribution is 0.391. The van der Waals surface area contributed by atoms with Crippen LogP contribution in [0.4, 0.5) is 11.4 Å². The van der Waals surface area contributed by atoms with Gasteiger partial charge in [-0.05, 0) is 66.8 Å². The highest BCUT2D eigenvalue weighted by molar-refractivity contribution is 7.80. The Kier molecular flexibility index (Phi) is 6.62. The summed E-state index contributed by atoms with van der Waals surface area (Å²) in [5, 5.41) is 5.19. The number of rotatable bonds is 4.